The largest absolute Gasteiger partial charge is 0.497 e. The van der Waals surface area contributed by atoms with Crippen LogP contribution in [0.3, 0.4) is 0 Å². The van der Waals surface area contributed by atoms with E-state index < -0.39 is 0 Å². The van der Waals surface area contributed by atoms with E-state index in [1.807, 2.05) is 36.4 Å². The minimum absolute atomic E-state index is 0.184. The molecule has 0 amide bonds. The van der Waals surface area contributed by atoms with Crippen LogP contribution in [0.15, 0.2) is 91.0 Å². The third-order valence-corrected chi connectivity index (χ3v) is 7.85. The number of methoxy groups -OCH3 is 1. The van der Waals surface area contributed by atoms with Crippen LogP contribution >= 0.6 is 11.8 Å². The number of nitrogens with two attached hydrogens (primary N) is 2. The molecule has 0 radical (unpaired) electrons. The van der Waals surface area contributed by atoms with Crippen molar-refractivity contribution < 1.29 is 9.47 Å². The minimum atomic E-state index is -0.238. The van der Waals surface area contributed by atoms with Crippen molar-refractivity contribution in [2.45, 2.75) is 30.0 Å². The Morgan fingerprint density at radius 1 is 0.743 bits per heavy atom. The van der Waals surface area contributed by atoms with Gasteiger partial charge in [-0.3, -0.25) is 0 Å². The van der Waals surface area contributed by atoms with Gasteiger partial charge in [-0.25, -0.2) is 0 Å². The summed E-state index contributed by atoms with van der Waals surface area (Å²) in [6.07, 6.45) is 0. The number of para-hydroxylation sites is 1. The third-order valence-electron chi connectivity index (χ3n) is 6.72. The molecule has 0 saturated heterocycles. The van der Waals surface area contributed by atoms with E-state index in [1.165, 1.54) is 28.5 Å². The quantitative estimate of drug-likeness (QED) is 0.286. The van der Waals surface area contributed by atoms with Crippen molar-refractivity contribution in [2.24, 2.45) is 11.5 Å². The average molecular weight is 483 g/mol. The third kappa shape index (κ3) is 4.43. The molecule has 4 nitrogen and oxygen atoms in total. The number of benzene rings is 4. The van der Waals surface area contributed by atoms with Crippen LogP contribution in [-0.2, 0) is 5.41 Å². The highest BCUT2D eigenvalue weighted by molar-refractivity contribution is 7.99. The van der Waals surface area contributed by atoms with E-state index in [1.54, 1.807) is 7.11 Å². The zero-order chi connectivity index (χ0) is 24.6. The first kappa shape index (κ1) is 23.5. The molecule has 5 heteroatoms. The first-order valence-corrected chi connectivity index (χ1v) is 12.6. The number of hydrogen-bond donors (Lipinski definition) is 2. The summed E-state index contributed by atoms with van der Waals surface area (Å²) in [5.74, 6) is 2.65. The summed E-state index contributed by atoms with van der Waals surface area (Å²) >= 11 is 1.53. The van der Waals surface area contributed by atoms with E-state index >= 15 is 0 Å². The molecule has 2 atom stereocenters. The first-order chi connectivity index (χ1) is 16.9. The molecule has 0 saturated carbocycles. The summed E-state index contributed by atoms with van der Waals surface area (Å²) < 4.78 is 11.5. The summed E-state index contributed by atoms with van der Waals surface area (Å²) in [6.45, 7) is 4.52. The molecule has 0 fully saturated rings. The molecule has 35 heavy (non-hydrogen) atoms. The molecule has 4 aromatic carbocycles. The second kappa shape index (κ2) is 9.42. The SMILES string of the molecule is COc1ccc(C(N)SC(N)c2ccc(-c3cccc4c3C(C)(C)c3ccccc3O4)cc2)cc1. The molecule has 0 spiro atoms. The Morgan fingerprint density at radius 2 is 1.34 bits per heavy atom. The molecule has 0 aromatic heterocycles. The van der Waals surface area contributed by atoms with Crippen molar-refractivity contribution in [3.8, 4) is 28.4 Å². The molecule has 5 rings (SSSR count). The van der Waals surface area contributed by atoms with Crippen molar-refractivity contribution in [1.82, 2.24) is 0 Å². The van der Waals surface area contributed by atoms with E-state index in [9.17, 15) is 0 Å². The Labute approximate surface area is 211 Å². The summed E-state index contributed by atoms with van der Waals surface area (Å²) in [7, 11) is 1.65. The summed E-state index contributed by atoms with van der Waals surface area (Å²) in [6, 6.07) is 30.8. The van der Waals surface area contributed by atoms with Gasteiger partial charge in [-0.1, -0.05) is 80.6 Å². The van der Waals surface area contributed by atoms with Crippen LogP contribution in [0.2, 0.25) is 0 Å². The van der Waals surface area contributed by atoms with Gasteiger partial charge in [0.15, 0.2) is 0 Å². The van der Waals surface area contributed by atoms with Crippen LogP contribution in [0.25, 0.3) is 11.1 Å². The topological polar surface area (TPSA) is 70.5 Å². The smallest absolute Gasteiger partial charge is 0.132 e. The van der Waals surface area contributed by atoms with Gasteiger partial charge in [0, 0.05) is 16.5 Å². The highest BCUT2D eigenvalue weighted by Crippen LogP contribution is 2.51. The lowest BCUT2D eigenvalue weighted by atomic mass is 9.73. The van der Waals surface area contributed by atoms with Crippen molar-refractivity contribution in [3.05, 3.63) is 113 Å². The summed E-state index contributed by atoms with van der Waals surface area (Å²) in [5.41, 5.74) is 19.5. The monoisotopic (exact) mass is 482 g/mol. The molecule has 2 unspecified atom stereocenters. The average Bonchev–Trinajstić information content (AvgIpc) is 2.88. The fourth-order valence-electron chi connectivity index (χ4n) is 4.79. The van der Waals surface area contributed by atoms with Crippen LogP contribution in [0.1, 0.15) is 46.8 Å². The second-order valence-corrected chi connectivity index (χ2v) is 10.6. The number of fused-ring (bicyclic) bond motifs is 2. The fourth-order valence-corrected chi connectivity index (χ4v) is 5.73. The maximum atomic E-state index is 6.52. The molecule has 1 aliphatic rings. The predicted octanol–water partition coefficient (Wildman–Crippen LogP) is 7.14. The van der Waals surface area contributed by atoms with Crippen molar-refractivity contribution in [2.75, 3.05) is 7.11 Å². The Bertz CT molecular complexity index is 1330. The number of thioether (sulfide) groups is 1. The molecular formula is C30H30N2O2S. The zero-order valence-corrected chi connectivity index (χ0v) is 21.0. The van der Waals surface area contributed by atoms with Gasteiger partial charge in [0.05, 0.1) is 17.9 Å². The minimum Gasteiger partial charge on any atom is -0.497 e. The van der Waals surface area contributed by atoms with E-state index in [0.717, 1.165) is 33.9 Å². The Balaban J connectivity index is 1.39. The van der Waals surface area contributed by atoms with Crippen LogP contribution in [0.5, 0.6) is 17.2 Å². The van der Waals surface area contributed by atoms with Crippen molar-refractivity contribution in [3.63, 3.8) is 0 Å². The fraction of sp³-hybridized carbons (Fsp3) is 0.200. The summed E-state index contributed by atoms with van der Waals surface area (Å²) in [5, 5.41) is -0.466. The normalized spacial score (nSPS) is 15.3. The standard InChI is InChI=1S/C30H30N2O2S/c1-30(2)24-8-4-5-9-25(24)34-26-10-6-7-23(27(26)30)19-11-13-20(14-12-19)28(31)35-29(32)21-15-17-22(33-3)18-16-21/h4-18,28-29H,31-32H2,1-3H3. The molecule has 0 aliphatic carbocycles. The predicted molar refractivity (Wildman–Crippen MR) is 145 cm³/mol. The number of ether oxygens (including phenoxy) is 2. The van der Waals surface area contributed by atoms with Crippen LogP contribution in [-0.4, -0.2) is 7.11 Å². The molecule has 178 valence electrons. The Hall–Kier alpha value is -3.25. The Kier molecular flexibility index (Phi) is 6.32. The molecule has 4 aromatic rings. The van der Waals surface area contributed by atoms with Gasteiger partial charge < -0.3 is 20.9 Å². The van der Waals surface area contributed by atoms with Gasteiger partial charge in [-0.15, -0.1) is 11.8 Å². The number of rotatable bonds is 6. The van der Waals surface area contributed by atoms with Crippen molar-refractivity contribution in [1.29, 1.82) is 0 Å². The highest BCUT2D eigenvalue weighted by Gasteiger charge is 2.36. The maximum absolute atomic E-state index is 6.52. The number of hydrogen-bond acceptors (Lipinski definition) is 5. The van der Waals surface area contributed by atoms with Crippen LogP contribution in [0, 0.1) is 0 Å². The lowest BCUT2D eigenvalue weighted by molar-refractivity contribution is 0.414. The van der Waals surface area contributed by atoms with E-state index in [2.05, 4.69) is 68.4 Å². The van der Waals surface area contributed by atoms with Crippen LogP contribution < -0.4 is 20.9 Å². The van der Waals surface area contributed by atoms with Gasteiger partial charge in [0.1, 0.15) is 17.2 Å². The molecule has 1 aliphatic heterocycles. The van der Waals surface area contributed by atoms with Gasteiger partial charge in [0.25, 0.3) is 0 Å². The molecule has 1 heterocycles. The van der Waals surface area contributed by atoms with Gasteiger partial charge >= 0.3 is 0 Å². The molecule has 4 N–H and O–H groups in total. The lowest BCUT2D eigenvalue weighted by Crippen LogP contribution is -2.25. The van der Waals surface area contributed by atoms with E-state index in [-0.39, 0.29) is 16.2 Å². The maximum Gasteiger partial charge on any atom is 0.132 e. The zero-order valence-electron chi connectivity index (χ0n) is 20.2. The van der Waals surface area contributed by atoms with E-state index in [0.29, 0.717) is 0 Å². The summed E-state index contributed by atoms with van der Waals surface area (Å²) in [4.78, 5) is 0. The highest BCUT2D eigenvalue weighted by atomic mass is 32.2. The van der Waals surface area contributed by atoms with Crippen molar-refractivity contribution >= 4 is 11.8 Å². The van der Waals surface area contributed by atoms with Gasteiger partial charge in [-0.2, -0.15) is 0 Å². The van der Waals surface area contributed by atoms with E-state index in [4.69, 9.17) is 20.9 Å². The first-order valence-electron chi connectivity index (χ1n) is 11.7. The molecular weight excluding hydrogens is 452 g/mol. The Morgan fingerprint density at radius 3 is 2.00 bits per heavy atom. The van der Waals surface area contributed by atoms with Gasteiger partial charge in [-0.05, 0) is 46.5 Å². The van der Waals surface area contributed by atoms with Gasteiger partial charge in [0.2, 0.25) is 0 Å². The van der Waals surface area contributed by atoms with Crippen LogP contribution in [0.4, 0.5) is 0 Å². The second-order valence-electron chi connectivity index (χ2n) is 9.27. The molecule has 0 bridgehead atoms. The lowest BCUT2D eigenvalue weighted by Gasteiger charge is -2.36.